The fraction of sp³-hybridized carbons (Fsp3) is 0.466. The summed E-state index contributed by atoms with van der Waals surface area (Å²) in [6.07, 6.45) is 8.77. The van der Waals surface area contributed by atoms with Crippen molar-refractivity contribution >= 4 is 44.2 Å². The summed E-state index contributed by atoms with van der Waals surface area (Å²) in [5.41, 5.74) is 3.62. The molecule has 3 aromatic heterocycles. The van der Waals surface area contributed by atoms with Crippen molar-refractivity contribution in [1.82, 2.24) is 29.5 Å². The number of H-pyrrole nitrogens is 1. The topological polar surface area (TPSA) is 218 Å². The van der Waals surface area contributed by atoms with E-state index in [2.05, 4.69) is 96.9 Å². The zero-order chi connectivity index (χ0) is 55.1. The summed E-state index contributed by atoms with van der Waals surface area (Å²) in [6.45, 7) is 13.2. The van der Waals surface area contributed by atoms with E-state index >= 15 is 0 Å². The lowest BCUT2D eigenvalue weighted by molar-refractivity contribution is -0.384. The molecule has 10 rings (SSSR count). The number of methoxy groups -OCH3 is 2. The summed E-state index contributed by atoms with van der Waals surface area (Å²) in [4.78, 5) is 44.0. The van der Waals surface area contributed by atoms with Gasteiger partial charge in [-0.25, -0.2) is 22.5 Å². The molecule has 1 amide bonds. The van der Waals surface area contributed by atoms with E-state index in [0.29, 0.717) is 50.2 Å². The third-order valence-corrected chi connectivity index (χ3v) is 18.2. The largest absolute Gasteiger partial charge is 0.497 e. The maximum atomic E-state index is 14.9. The van der Waals surface area contributed by atoms with Crippen LogP contribution in [0.25, 0.3) is 11.0 Å². The van der Waals surface area contributed by atoms with Crippen LogP contribution in [-0.2, 0) is 16.6 Å². The molecule has 0 radical (unpaired) electrons. The Balaban J connectivity index is 0.862. The molecule has 2 saturated heterocycles. The number of rotatable bonds is 17. The second-order valence-electron chi connectivity index (χ2n) is 22.5. The van der Waals surface area contributed by atoms with Crippen molar-refractivity contribution in [2.45, 2.75) is 120 Å². The predicted molar refractivity (Wildman–Crippen MR) is 295 cm³/mol. The molecule has 3 aromatic carbocycles. The Morgan fingerprint density at radius 2 is 1.71 bits per heavy atom. The number of hydrogen-bond donors (Lipinski definition) is 4. The zero-order valence-electron chi connectivity index (χ0n) is 45.1. The number of piperidine rings is 1. The van der Waals surface area contributed by atoms with Crippen LogP contribution in [0.4, 0.5) is 21.6 Å². The number of carbonyl (C=O) groups is 1. The monoisotopic (exact) mass is 1090 g/mol. The number of fused-ring (bicyclic) bond motifs is 1. The van der Waals surface area contributed by atoms with Gasteiger partial charge in [0.15, 0.2) is 5.75 Å². The zero-order valence-corrected chi connectivity index (χ0v) is 45.9. The Bertz CT molecular complexity index is 3270. The van der Waals surface area contributed by atoms with Crippen molar-refractivity contribution in [3.63, 3.8) is 0 Å². The van der Waals surface area contributed by atoms with Gasteiger partial charge in [0.1, 0.15) is 27.9 Å². The Morgan fingerprint density at radius 3 is 2.40 bits per heavy atom. The number of nitro groups is 1. The molecule has 5 heterocycles. The Hall–Kier alpha value is -6.87. The van der Waals surface area contributed by atoms with E-state index < -0.39 is 42.9 Å². The highest BCUT2D eigenvalue weighted by atomic mass is 32.2. The highest BCUT2D eigenvalue weighted by Crippen LogP contribution is 2.54. The van der Waals surface area contributed by atoms with Gasteiger partial charge < -0.3 is 34.5 Å². The Labute approximate surface area is 454 Å². The third-order valence-electron chi connectivity index (χ3n) is 16.9. The molecule has 4 fully saturated rings. The average Bonchev–Trinajstić information content (AvgIpc) is 3.90. The summed E-state index contributed by atoms with van der Waals surface area (Å²) >= 11 is 0. The van der Waals surface area contributed by atoms with E-state index in [1.165, 1.54) is 35.9 Å². The van der Waals surface area contributed by atoms with Gasteiger partial charge in [0, 0.05) is 87.5 Å². The first kappa shape index (κ1) is 54.5. The smallest absolute Gasteiger partial charge is 0.312 e. The van der Waals surface area contributed by atoms with Crippen molar-refractivity contribution in [2.24, 2.45) is 11.3 Å². The van der Waals surface area contributed by atoms with Gasteiger partial charge >= 0.3 is 5.69 Å². The van der Waals surface area contributed by atoms with Crippen LogP contribution in [0.2, 0.25) is 0 Å². The van der Waals surface area contributed by atoms with Gasteiger partial charge in [-0.3, -0.25) is 24.7 Å². The summed E-state index contributed by atoms with van der Waals surface area (Å²) in [5, 5.41) is 25.7. The number of nitrogens with one attached hydrogen (secondary N) is 3. The number of anilines is 2. The highest BCUT2D eigenvalue weighted by molar-refractivity contribution is 7.90. The van der Waals surface area contributed by atoms with Crippen LogP contribution >= 0.6 is 0 Å². The van der Waals surface area contributed by atoms with E-state index in [9.17, 15) is 32.8 Å². The molecule has 4 N–H and O–H groups in total. The van der Waals surface area contributed by atoms with Gasteiger partial charge in [0.05, 0.1) is 41.9 Å². The predicted octanol–water partition coefficient (Wildman–Crippen LogP) is 10.1. The summed E-state index contributed by atoms with van der Waals surface area (Å²) < 4.78 is 62.2. The summed E-state index contributed by atoms with van der Waals surface area (Å²) in [5.74, 6) is -0.521. The van der Waals surface area contributed by atoms with Gasteiger partial charge in [-0.1, -0.05) is 50.2 Å². The Kier molecular flexibility index (Phi) is 15.4. The first-order chi connectivity index (χ1) is 37.3. The van der Waals surface area contributed by atoms with Crippen LogP contribution in [0.5, 0.6) is 23.1 Å². The van der Waals surface area contributed by atoms with Crippen molar-refractivity contribution in [3.05, 3.63) is 129 Å². The van der Waals surface area contributed by atoms with E-state index in [4.69, 9.17) is 14.2 Å². The first-order valence-corrected chi connectivity index (χ1v) is 28.5. The molecule has 4 aliphatic rings. The molecule has 2 aliphatic carbocycles. The maximum absolute atomic E-state index is 14.9. The van der Waals surface area contributed by atoms with E-state index in [1.807, 2.05) is 12.1 Å². The molecule has 0 bridgehead atoms. The normalized spacial score (nSPS) is 22.1. The minimum atomic E-state index is -4.75. The number of aliphatic hydroxyl groups is 1. The second kappa shape index (κ2) is 22.1. The van der Waals surface area contributed by atoms with Crippen molar-refractivity contribution in [2.75, 3.05) is 57.2 Å². The minimum absolute atomic E-state index is 0.0152. The van der Waals surface area contributed by atoms with Gasteiger partial charge in [-0.2, -0.15) is 4.98 Å². The van der Waals surface area contributed by atoms with Crippen LogP contribution in [0, 0.1) is 27.3 Å². The van der Waals surface area contributed by atoms with Crippen LogP contribution in [-0.4, -0.2) is 114 Å². The fourth-order valence-electron chi connectivity index (χ4n) is 12.2. The number of nitrogens with zero attached hydrogens (tertiary/aromatic N) is 6. The number of hydrogen-bond acceptors (Lipinski definition) is 15. The van der Waals surface area contributed by atoms with Gasteiger partial charge in [0.25, 0.3) is 21.8 Å². The fourth-order valence-corrected chi connectivity index (χ4v) is 13.1. The number of pyridine rings is 2. The van der Waals surface area contributed by atoms with Crippen LogP contribution in [0.1, 0.15) is 118 Å². The molecule has 20 heteroatoms. The lowest BCUT2D eigenvalue weighted by Gasteiger charge is -2.59. The van der Waals surface area contributed by atoms with Crippen LogP contribution in [0.15, 0.2) is 96.2 Å². The first-order valence-electron chi connectivity index (χ1n) is 27.0. The lowest BCUT2D eigenvalue weighted by Crippen LogP contribution is -2.61. The molecule has 0 unspecified atom stereocenters. The standard InChI is InChI=1S/C58H70FN9O9S/c1-36(2)44-9-7-8-10-45(44)50-35-66(34-39-11-14-42(75-5)15-12-39)37(3)33-67(50)41-28-58(29-41)21-23-65(24-22-58)40-13-16-46(51(25-40)77-52-27-47-48(59)32-62-53(47)63-56(52)76-6)55(69)64-78(73,74)43-26-49(68(71)72)54(61-31-43)60-30-38-17-19-57(4,70)20-18-38/h7-16,25-27,31-32,36-38,41,50,70H,17-24,28-30,33-35H2,1-6H3,(H,60,61)(H,62,63)(H,64,69)/t37-,38?,50-,57?/m0/s1. The summed E-state index contributed by atoms with van der Waals surface area (Å²) in [7, 11) is -1.68. The number of benzene rings is 3. The number of amides is 1. The van der Waals surface area contributed by atoms with Crippen molar-refractivity contribution in [1.29, 1.82) is 0 Å². The second-order valence-corrected chi connectivity index (χ2v) is 24.2. The number of halogens is 1. The minimum Gasteiger partial charge on any atom is -0.497 e. The molecule has 78 heavy (non-hydrogen) atoms. The number of piperazine rings is 1. The molecule has 18 nitrogen and oxygen atoms in total. The number of ether oxygens (including phenoxy) is 3. The number of aromatic nitrogens is 3. The van der Waals surface area contributed by atoms with E-state index in [0.717, 1.165) is 88.3 Å². The quantitative estimate of drug-likeness (QED) is 0.0493. The third kappa shape index (κ3) is 11.5. The molecule has 2 saturated carbocycles. The SMILES string of the molecule is COc1ccc(CN2C[C@@H](c3ccccc3C(C)C)N(C3CC4(CCN(c5ccc(C(=O)NS(=O)(=O)c6cnc(NCC7CCC(C)(O)CC7)c([N+](=O)[O-])c6)c(Oc6cc7c(F)c[nH]c7nc6OC)c5)CC4)C3)C[C@@H]2C)cc1. The van der Waals surface area contributed by atoms with Crippen LogP contribution < -0.4 is 29.1 Å². The van der Waals surface area contributed by atoms with Crippen molar-refractivity contribution < 1.29 is 41.8 Å². The molecular formula is C58H70FN9O9S. The summed E-state index contributed by atoms with van der Waals surface area (Å²) in [6, 6.07) is 25.5. The molecule has 6 aromatic rings. The lowest BCUT2D eigenvalue weighted by atomic mass is 9.59. The molecule has 414 valence electrons. The Morgan fingerprint density at radius 1 is 0.974 bits per heavy atom. The highest BCUT2D eigenvalue weighted by Gasteiger charge is 2.51. The van der Waals surface area contributed by atoms with E-state index in [1.54, 1.807) is 26.2 Å². The van der Waals surface area contributed by atoms with Crippen LogP contribution in [0.3, 0.4) is 0 Å². The van der Waals surface area contributed by atoms with Gasteiger partial charge in [-0.05, 0) is 123 Å². The van der Waals surface area contributed by atoms with E-state index in [-0.39, 0.29) is 57.2 Å². The average molecular weight is 1090 g/mol. The molecule has 1 spiro atoms. The number of carbonyl (C=O) groups excluding carboxylic acids is 1. The van der Waals surface area contributed by atoms with Gasteiger partial charge in [-0.15, -0.1) is 0 Å². The number of aromatic amines is 1. The molecular weight excluding hydrogens is 1020 g/mol. The van der Waals surface area contributed by atoms with Gasteiger partial charge in [0.2, 0.25) is 5.82 Å². The number of sulfonamides is 1. The maximum Gasteiger partial charge on any atom is 0.312 e. The molecule has 2 aliphatic heterocycles. The van der Waals surface area contributed by atoms with Crippen molar-refractivity contribution in [3.8, 4) is 23.1 Å². The molecule has 2 atom stereocenters.